The van der Waals surface area contributed by atoms with Gasteiger partial charge in [0.1, 0.15) is 5.52 Å². The third-order valence-electron chi connectivity index (χ3n) is 2.92. The van der Waals surface area contributed by atoms with Crippen LogP contribution in [0.25, 0.3) is 20.4 Å². The quantitative estimate of drug-likeness (QED) is 0.733. The Hall–Kier alpha value is -1.53. The van der Waals surface area contributed by atoms with Crippen LogP contribution in [-0.4, -0.2) is 15.9 Å². The number of nitrogens with one attached hydrogen (secondary N) is 1. The van der Waals surface area contributed by atoms with Crippen molar-refractivity contribution in [2.75, 3.05) is 5.32 Å². The van der Waals surface area contributed by atoms with Crippen LogP contribution in [0.1, 0.15) is 25.8 Å². The number of thiazole rings is 2. The van der Waals surface area contributed by atoms with Gasteiger partial charge in [-0.25, -0.2) is 9.97 Å². The summed E-state index contributed by atoms with van der Waals surface area (Å²) >= 11 is 3.16. The second-order valence-corrected chi connectivity index (χ2v) is 7.95. The molecule has 2 aromatic heterocycles. The normalized spacial score (nSPS) is 12.2. The molecule has 0 bridgehead atoms. The van der Waals surface area contributed by atoms with Crippen LogP contribution in [-0.2, 0) is 4.79 Å². The Kier molecular flexibility index (Phi) is 3.02. The highest BCUT2D eigenvalue weighted by molar-refractivity contribution is 7.24. The number of carbonyl (C=O) groups excluding carboxylic acids is 1. The summed E-state index contributed by atoms with van der Waals surface area (Å²) in [6.07, 6.45) is 0. The van der Waals surface area contributed by atoms with Crippen LogP contribution in [0.15, 0.2) is 12.1 Å². The van der Waals surface area contributed by atoms with E-state index in [2.05, 4.69) is 15.3 Å². The summed E-state index contributed by atoms with van der Waals surface area (Å²) < 4.78 is 2.20. The molecule has 0 aliphatic rings. The van der Waals surface area contributed by atoms with Crippen molar-refractivity contribution < 1.29 is 4.79 Å². The lowest BCUT2D eigenvalue weighted by molar-refractivity contribution is -0.123. The average Bonchev–Trinajstić information content (AvgIpc) is 2.89. The highest BCUT2D eigenvalue weighted by Gasteiger charge is 2.22. The van der Waals surface area contributed by atoms with Crippen LogP contribution in [0.3, 0.4) is 0 Å². The monoisotopic (exact) mass is 305 g/mol. The first-order chi connectivity index (χ1) is 9.34. The van der Waals surface area contributed by atoms with Gasteiger partial charge >= 0.3 is 0 Å². The number of aryl methyl sites for hydroxylation is 1. The zero-order chi connectivity index (χ0) is 14.5. The van der Waals surface area contributed by atoms with Crippen molar-refractivity contribution in [1.82, 2.24) is 9.97 Å². The van der Waals surface area contributed by atoms with E-state index in [1.54, 1.807) is 11.3 Å². The molecule has 1 aromatic carbocycles. The van der Waals surface area contributed by atoms with Crippen molar-refractivity contribution in [3.8, 4) is 0 Å². The summed E-state index contributed by atoms with van der Waals surface area (Å²) in [6, 6.07) is 4.02. The number of fused-ring (bicyclic) bond motifs is 3. The Morgan fingerprint density at radius 3 is 2.65 bits per heavy atom. The molecule has 0 aliphatic carbocycles. The van der Waals surface area contributed by atoms with Crippen LogP contribution in [0, 0.1) is 12.3 Å². The number of nitrogens with zero attached hydrogens (tertiary/aromatic N) is 2. The highest BCUT2D eigenvalue weighted by atomic mass is 32.1. The summed E-state index contributed by atoms with van der Waals surface area (Å²) in [4.78, 5) is 21.1. The minimum absolute atomic E-state index is 0.0257. The van der Waals surface area contributed by atoms with Gasteiger partial charge in [-0.2, -0.15) is 0 Å². The highest BCUT2D eigenvalue weighted by Crippen LogP contribution is 2.35. The molecular weight excluding hydrogens is 290 g/mol. The van der Waals surface area contributed by atoms with Gasteiger partial charge < -0.3 is 5.32 Å². The first-order valence-electron chi connectivity index (χ1n) is 6.33. The second kappa shape index (κ2) is 4.49. The van der Waals surface area contributed by atoms with E-state index in [0.717, 1.165) is 25.4 Å². The summed E-state index contributed by atoms with van der Waals surface area (Å²) in [5.41, 5.74) is 1.44. The third kappa shape index (κ3) is 2.29. The van der Waals surface area contributed by atoms with Gasteiger partial charge in [0.15, 0.2) is 5.13 Å². The van der Waals surface area contributed by atoms with Gasteiger partial charge in [-0.3, -0.25) is 4.79 Å². The van der Waals surface area contributed by atoms with Gasteiger partial charge in [0.2, 0.25) is 5.91 Å². The zero-order valence-electron chi connectivity index (χ0n) is 11.8. The van der Waals surface area contributed by atoms with Crippen molar-refractivity contribution in [3.05, 3.63) is 17.1 Å². The number of anilines is 1. The van der Waals surface area contributed by atoms with E-state index in [0.29, 0.717) is 5.13 Å². The van der Waals surface area contributed by atoms with Gasteiger partial charge in [-0.1, -0.05) is 32.1 Å². The predicted octanol–water partition coefficient (Wildman–Crippen LogP) is 4.20. The van der Waals surface area contributed by atoms with Crippen molar-refractivity contribution in [3.63, 3.8) is 0 Å². The Balaban J connectivity index is 2.06. The lowest BCUT2D eigenvalue weighted by atomic mass is 9.96. The minimum Gasteiger partial charge on any atom is -0.301 e. The molecule has 0 radical (unpaired) electrons. The lowest BCUT2D eigenvalue weighted by Crippen LogP contribution is -2.27. The molecule has 0 aliphatic heterocycles. The van der Waals surface area contributed by atoms with Gasteiger partial charge in [-0.15, -0.1) is 11.3 Å². The SMILES string of the molecule is Cc1nc2c(ccc3nc(NC(=O)C(C)(C)C)sc32)s1. The molecule has 0 saturated carbocycles. The number of amides is 1. The maximum absolute atomic E-state index is 12.0. The number of hydrogen-bond acceptors (Lipinski definition) is 5. The van der Waals surface area contributed by atoms with E-state index < -0.39 is 5.41 Å². The number of benzene rings is 1. The molecule has 6 heteroatoms. The maximum atomic E-state index is 12.0. The second-order valence-electron chi connectivity index (χ2n) is 5.72. The maximum Gasteiger partial charge on any atom is 0.231 e. The molecule has 0 fully saturated rings. The Bertz CT molecular complexity index is 811. The van der Waals surface area contributed by atoms with Crippen LogP contribution >= 0.6 is 22.7 Å². The molecule has 1 N–H and O–H groups in total. The van der Waals surface area contributed by atoms with Crippen molar-refractivity contribution in [2.45, 2.75) is 27.7 Å². The number of hydrogen-bond donors (Lipinski definition) is 1. The summed E-state index contributed by atoms with van der Waals surface area (Å²) in [7, 11) is 0. The Morgan fingerprint density at radius 2 is 1.95 bits per heavy atom. The molecule has 3 rings (SSSR count). The Labute approximate surface area is 124 Å². The fraction of sp³-hybridized carbons (Fsp3) is 0.357. The molecule has 20 heavy (non-hydrogen) atoms. The largest absolute Gasteiger partial charge is 0.301 e. The topological polar surface area (TPSA) is 54.9 Å². The standard InChI is InChI=1S/C14H15N3OS2/c1-7-15-10-9(19-7)6-5-8-11(10)20-13(16-8)17-12(18)14(2,3)4/h5-6H,1-4H3,(H,16,17,18). The van der Waals surface area contributed by atoms with E-state index in [9.17, 15) is 4.79 Å². The van der Waals surface area contributed by atoms with E-state index in [1.165, 1.54) is 11.3 Å². The van der Waals surface area contributed by atoms with E-state index >= 15 is 0 Å². The number of rotatable bonds is 1. The Morgan fingerprint density at radius 1 is 1.20 bits per heavy atom. The number of carbonyl (C=O) groups is 1. The number of aromatic nitrogens is 2. The van der Waals surface area contributed by atoms with Gasteiger partial charge in [0.25, 0.3) is 0 Å². The fourth-order valence-corrected chi connectivity index (χ4v) is 3.68. The lowest BCUT2D eigenvalue weighted by Gasteiger charge is -2.15. The zero-order valence-corrected chi connectivity index (χ0v) is 13.4. The van der Waals surface area contributed by atoms with Gasteiger partial charge in [0.05, 0.1) is 19.9 Å². The van der Waals surface area contributed by atoms with Crippen molar-refractivity contribution in [1.29, 1.82) is 0 Å². The predicted molar refractivity (Wildman–Crippen MR) is 85.6 cm³/mol. The van der Waals surface area contributed by atoms with Crippen LogP contribution < -0.4 is 5.32 Å². The van der Waals surface area contributed by atoms with E-state index in [1.807, 2.05) is 39.8 Å². The van der Waals surface area contributed by atoms with E-state index in [4.69, 9.17) is 0 Å². The van der Waals surface area contributed by atoms with E-state index in [-0.39, 0.29) is 5.91 Å². The van der Waals surface area contributed by atoms with Crippen molar-refractivity contribution >= 4 is 54.1 Å². The summed E-state index contributed by atoms with van der Waals surface area (Å²) in [6.45, 7) is 7.66. The van der Waals surface area contributed by atoms with Gasteiger partial charge in [0, 0.05) is 5.41 Å². The molecule has 2 heterocycles. The fourth-order valence-electron chi connectivity index (χ4n) is 1.83. The molecule has 3 aromatic rings. The molecular formula is C14H15N3OS2. The van der Waals surface area contributed by atoms with Crippen LogP contribution in [0.2, 0.25) is 0 Å². The third-order valence-corrected chi connectivity index (χ3v) is 4.85. The molecule has 0 saturated heterocycles. The van der Waals surface area contributed by atoms with Crippen LogP contribution in [0.4, 0.5) is 5.13 Å². The molecule has 0 unspecified atom stereocenters. The first-order valence-corrected chi connectivity index (χ1v) is 7.96. The smallest absolute Gasteiger partial charge is 0.231 e. The molecule has 4 nitrogen and oxygen atoms in total. The summed E-state index contributed by atoms with van der Waals surface area (Å²) in [5.74, 6) is -0.0257. The molecule has 0 atom stereocenters. The van der Waals surface area contributed by atoms with Crippen LogP contribution in [0.5, 0.6) is 0 Å². The molecule has 104 valence electrons. The first kappa shape index (κ1) is 13.5. The molecule has 1 amide bonds. The minimum atomic E-state index is -0.426. The average molecular weight is 305 g/mol. The van der Waals surface area contributed by atoms with Crippen molar-refractivity contribution in [2.24, 2.45) is 5.41 Å². The van der Waals surface area contributed by atoms with Gasteiger partial charge in [-0.05, 0) is 19.1 Å². The summed E-state index contributed by atoms with van der Waals surface area (Å²) in [5, 5.41) is 4.57. The molecule has 0 spiro atoms.